The predicted molar refractivity (Wildman–Crippen MR) is 57.5 cm³/mol. The lowest BCUT2D eigenvalue weighted by Crippen LogP contribution is -2.18. The van der Waals surface area contributed by atoms with Crippen LogP contribution >= 0.6 is 0 Å². The molecule has 1 rings (SSSR count). The summed E-state index contributed by atoms with van der Waals surface area (Å²) in [5.41, 5.74) is 1.44. The maximum atomic E-state index is 11.3. The molecule has 4 nitrogen and oxygen atoms in total. The second-order valence-electron chi connectivity index (χ2n) is 3.04. The van der Waals surface area contributed by atoms with E-state index in [0.29, 0.717) is 12.3 Å². The van der Waals surface area contributed by atoms with Crippen LogP contribution in [-0.2, 0) is 16.1 Å². The molecule has 15 heavy (non-hydrogen) atoms. The van der Waals surface area contributed by atoms with Crippen LogP contribution in [0.2, 0.25) is 0 Å². The molecule has 0 radical (unpaired) electrons. The summed E-state index contributed by atoms with van der Waals surface area (Å²) in [6, 6.07) is 7.06. The zero-order chi connectivity index (χ0) is 11.1. The van der Waals surface area contributed by atoms with Crippen LogP contribution in [0, 0.1) is 0 Å². The van der Waals surface area contributed by atoms with Gasteiger partial charge in [-0.15, -0.1) is 0 Å². The molecule has 0 fully saturated rings. The van der Waals surface area contributed by atoms with E-state index in [2.05, 4.69) is 5.32 Å². The zero-order valence-electron chi connectivity index (χ0n) is 8.69. The number of amides is 1. The highest BCUT2D eigenvalue weighted by Gasteiger charge is 2.01. The first-order valence-corrected chi connectivity index (χ1v) is 4.83. The molecule has 0 aromatic heterocycles. The quantitative estimate of drug-likeness (QED) is 0.765. The predicted octanol–water partition coefficient (Wildman–Crippen LogP) is 1.15. The fourth-order valence-electron chi connectivity index (χ4n) is 1.14. The molecule has 0 atom stereocenters. The van der Waals surface area contributed by atoms with Crippen molar-refractivity contribution in [1.29, 1.82) is 0 Å². The van der Waals surface area contributed by atoms with E-state index < -0.39 is 0 Å². The number of aliphatic hydroxyl groups is 1. The molecule has 4 heteroatoms. The molecule has 0 aliphatic heterocycles. The van der Waals surface area contributed by atoms with E-state index in [4.69, 9.17) is 9.84 Å². The van der Waals surface area contributed by atoms with E-state index in [1.807, 2.05) is 6.92 Å². The van der Waals surface area contributed by atoms with E-state index >= 15 is 0 Å². The Kier molecular flexibility index (Phi) is 4.80. The molecule has 0 saturated carbocycles. The minimum absolute atomic E-state index is 0.0326. The average molecular weight is 209 g/mol. The lowest BCUT2D eigenvalue weighted by atomic mass is 10.2. The van der Waals surface area contributed by atoms with E-state index in [1.54, 1.807) is 24.3 Å². The molecular weight excluding hydrogens is 194 g/mol. The largest absolute Gasteiger partial charge is 0.392 e. The number of anilines is 1. The van der Waals surface area contributed by atoms with E-state index in [1.165, 1.54) is 0 Å². The summed E-state index contributed by atoms with van der Waals surface area (Å²) in [5, 5.41) is 11.6. The lowest BCUT2D eigenvalue weighted by Gasteiger charge is -2.06. The van der Waals surface area contributed by atoms with Gasteiger partial charge in [0.05, 0.1) is 6.61 Å². The number of ether oxygens (including phenoxy) is 1. The third-order valence-electron chi connectivity index (χ3n) is 1.83. The summed E-state index contributed by atoms with van der Waals surface area (Å²) in [5.74, 6) is -0.188. The normalized spacial score (nSPS) is 10.0. The number of rotatable bonds is 5. The first kappa shape index (κ1) is 11.7. The van der Waals surface area contributed by atoms with Crippen molar-refractivity contribution < 1.29 is 14.6 Å². The molecule has 0 unspecified atom stereocenters. The maximum absolute atomic E-state index is 11.3. The van der Waals surface area contributed by atoms with Gasteiger partial charge in [-0.1, -0.05) is 12.1 Å². The van der Waals surface area contributed by atoms with Crippen LogP contribution < -0.4 is 5.32 Å². The minimum atomic E-state index is -0.188. The highest BCUT2D eigenvalue weighted by Crippen LogP contribution is 2.10. The van der Waals surface area contributed by atoms with Crippen molar-refractivity contribution >= 4 is 11.6 Å². The molecule has 1 amide bonds. The van der Waals surface area contributed by atoms with Crippen molar-refractivity contribution in [3.63, 3.8) is 0 Å². The molecule has 1 aromatic carbocycles. The van der Waals surface area contributed by atoms with Crippen LogP contribution in [0.25, 0.3) is 0 Å². The van der Waals surface area contributed by atoms with Gasteiger partial charge in [-0.3, -0.25) is 4.79 Å². The van der Waals surface area contributed by atoms with E-state index in [9.17, 15) is 4.79 Å². The second kappa shape index (κ2) is 6.16. The topological polar surface area (TPSA) is 58.6 Å². The maximum Gasteiger partial charge on any atom is 0.250 e. The van der Waals surface area contributed by atoms with Gasteiger partial charge in [-0.05, 0) is 24.6 Å². The van der Waals surface area contributed by atoms with Crippen LogP contribution in [0.15, 0.2) is 24.3 Å². The van der Waals surface area contributed by atoms with Crippen molar-refractivity contribution in [3.05, 3.63) is 29.8 Å². The molecule has 82 valence electrons. The third-order valence-corrected chi connectivity index (χ3v) is 1.83. The summed E-state index contributed by atoms with van der Waals surface area (Å²) >= 11 is 0. The van der Waals surface area contributed by atoms with Crippen molar-refractivity contribution in [1.82, 2.24) is 0 Å². The van der Waals surface area contributed by atoms with Crippen molar-refractivity contribution in [2.75, 3.05) is 18.5 Å². The number of hydrogen-bond acceptors (Lipinski definition) is 3. The molecule has 0 aliphatic carbocycles. The molecular formula is C11H15NO3. The monoisotopic (exact) mass is 209 g/mol. The van der Waals surface area contributed by atoms with Crippen LogP contribution in [0.3, 0.4) is 0 Å². The van der Waals surface area contributed by atoms with Gasteiger partial charge >= 0.3 is 0 Å². The van der Waals surface area contributed by atoms with Crippen molar-refractivity contribution in [3.8, 4) is 0 Å². The smallest absolute Gasteiger partial charge is 0.250 e. The number of nitrogens with one attached hydrogen (secondary N) is 1. The number of benzene rings is 1. The Morgan fingerprint density at radius 3 is 3.00 bits per heavy atom. The van der Waals surface area contributed by atoms with Gasteiger partial charge in [0.25, 0.3) is 0 Å². The Bertz CT molecular complexity index is 325. The van der Waals surface area contributed by atoms with Crippen LogP contribution in [-0.4, -0.2) is 24.2 Å². The Labute approximate surface area is 88.9 Å². The Morgan fingerprint density at radius 1 is 1.53 bits per heavy atom. The summed E-state index contributed by atoms with van der Waals surface area (Å²) in [4.78, 5) is 11.3. The van der Waals surface area contributed by atoms with Gasteiger partial charge in [-0.25, -0.2) is 0 Å². The number of aliphatic hydroxyl groups excluding tert-OH is 1. The van der Waals surface area contributed by atoms with E-state index in [0.717, 1.165) is 5.56 Å². The summed E-state index contributed by atoms with van der Waals surface area (Å²) in [6.07, 6.45) is 0. The second-order valence-corrected chi connectivity index (χ2v) is 3.04. The first-order valence-electron chi connectivity index (χ1n) is 4.83. The highest BCUT2D eigenvalue weighted by atomic mass is 16.5. The Hall–Kier alpha value is -1.39. The zero-order valence-corrected chi connectivity index (χ0v) is 8.69. The fraction of sp³-hybridized carbons (Fsp3) is 0.364. The third kappa shape index (κ3) is 4.10. The van der Waals surface area contributed by atoms with Gasteiger partial charge in [0, 0.05) is 12.3 Å². The van der Waals surface area contributed by atoms with Gasteiger partial charge in [-0.2, -0.15) is 0 Å². The van der Waals surface area contributed by atoms with Gasteiger partial charge < -0.3 is 15.2 Å². The number of hydrogen-bond donors (Lipinski definition) is 2. The van der Waals surface area contributed by atoms with Crippen molar-refractivity contribution in [2.24, 2.45) is 0 Å². The molecule has 2 N–H and O–H groups in total. The lowest BCUT2D eigenvalue weighted by molar-refractivity contribution is -0.120. The molecule has 0 heterocycles. The standard InChI is InChI=1S/C11H15NO3/c1-2-15-8-11(14)12-10-5-3-4-9(6-10)7-13/h3-6,13H,2,7-8H2,1H3,(H,12,14). The molecule has 0 saturated heterocycles. The van der Waals surface area contributed by atoms with Crippen LogP contribution in [0.4, 0.5) is 5.69 Å². The first-order chi connectivity index (χ1) is 7.26. The summed E-state index contributed by atoms with van der Waals surface area (Å²) < 4.78 is 4.96. The van der Waals surface area contributed by atoms with Crippen molar-refractivity contribution in [2.45, 2.75) is 13.5 Å². The molecule has 1 aromatic rings. The fourth-order valence-corrected chi connectivity index (χ4v) is 1.14. The number of carbonyl (C=O) groups excluding carboxylic acids is 1. The molecule has 0 bridgehead atoms. The Balaban J connectivity index is 2.52. The van der Waals surface area contributed by atoms with Crippen LogP contribution in [0.1, 0.15) is 12.5 Å². The van der Waals surface area contributed by atoms with Gasteiger partial charge in [0.15, 0.2) is 0 Å². The minimum Gasteiger partial charge on any atom is -0.392 e. The van der Waals surface area contributed by atoms with Gasteiger partial charge in [0.1, 0.15) is 6.61 Å². The summed E-state index contributed by atoms with van der Waals surface area (Å²) in [7, 11) is 0. The van der Waals surface area contributed by atoms with Crippen LogP contribution in [0.5, 0.6) is 0 Å². The average Bonchev–Trinajstić information content (AvgIpc) is 2.26. The van der Waals surface area contributed by atoms with Gasteiger partial charge in [0.2, 0.25) is 5.91 Å². The molecule has 0 spiro atoms. The summed E-state index contributed by atoms with van der Waals surface area (Å²) in [6.45, 7) is 2.37. The Morgan fingerprint density at radius 2 is 2.33 bits per heavy atom. The van der Waals surface area contributed by atoms with E-state index in [-0.39, 0.29) is 19.1 Å². The number of carbonyl (C=O) groups is 1. The molecule has 0 aliphatic rings. The SMILES string of the molecule is CCOCC(=O)Nc1cccc(CO)c1. The highest BCUT2D eigenvalue weighted by molar-refractivity contribution is 5.91.